The predicted molar refractivity (Wildman–Crippen MR) is 110 cm³/mol. The van der Waals surface area contributed by atoms with Crippen molar-refractivity contribution in [2.45, 2.75) is 20.0 Å². The zero-order valence-electron chi connectivity index (χ0n) is 17.1. The summed E-state index contributed by atoms with van der Waals surface area (Å²) in [7, 11) is 4.60. The standard InChI is InChI=1S/C22H25NO6/c1-14-6-8-20(28-5)19(10-14)23-22(25)15(2)29-21(24)9-7-16-11-17(26-3)13-18(12-16)27-4/h6-13,15H,1-5H3,(H,23,25)/b9-7+/t15-/m1/s1. The topological polar surface area (TPSA) is 83.1 Å². The molecule has 0 aromatic heterocycles. The van der Waals surface area contributed by atoms with E-state index in [0.717, 1.165) is 5.56 Å². The Balaban J connectivity index is 2.01. The average molecular weight is 399 g/mol. The van der Waals surface area contributed by atoms with Gasteiger partial charge in [-0.05, 0) is 55.3 Å². The van der Waals surface area contributed by atoms with Gasteiger partial charge in [-0.2, -0.15) is 0 Å². The number of ether oxygens (including phenoxy) is 4. The molecule has 0 heterocycles. The van der Waals surface area contributed by atoms with Crippen molar-refractivity contribution in [3.8, 4) is 17.2 Å². The Morgan fingerprint density at radius 2 is 1.62 bits per heavy atom. The molecule has 0 aliphatic rings. The first-order valence-corrected chi connectivity index (χ1v) is 8.93. The molecule has 7 heteroatoms. The molecule has 1 N–H and O–H groups in total. The first-order chi connectivity index (χ1) is 13.9. The van der Waals surface area contributed by atoms with Crippen molar-refractivity contribution < 1.29 is 28.5 Å². The smallest absolute Gasteiger partial charge is 0.331 e. The third-order valence-electron chi connectivity index (χ3n) is 4.06. The fourth-order valence-corrected chi connectivity index (χ4v) is 2.51. The summed E-state index contributed by atoms with van der Waals surface area (Å²) in [5.74, 6) is 0.605. The second-order valence-corrected chi connectivity index (χ2v) is 6.25. The number of hydrogen-bond donors (Lipinski definition) is 1. The number of benzene rings is 2. The van der Waals surface area contributed by atoms with E-state index < -0.39 is 18.0 Å². The van der Waals surface area contributed by atoms with Gasteiger partial charge in [0.05, 0.1) is 27.0 Å². The molecule has 2 aromatic carbocycles. The first kappa shape index (κ1) is 21.8. The molecule has 0 saturated heterocycles. The number of hydrogen-bond acceptors (Lipinski definition) is 6. The van der Waals surface area contributed by atoms with Crippen molar-refractivity contribution in [1.29, 1.82) is 0 Å². The molecule has 1 atom stereocenters. The third-order valence-corrected chi connectivity index (χ3v) is 4.06. The molecule has 154 valence electrons. The summed E-state index contributed by atoms with van der Waals surface area (Å²) in [6.45, 7) is 3.40. The van der Waals surface area contributed by atoms with Gasteiger partial charge in [0.25, 0.3) is 5.91 Å². The van der Waals surface area contributed by atoms with Crippen LogP contribution >= 0.6 is 0 Å². The van der Waals surface area contributed by atoms with Crippen LogP contribution in [0, 0.1) is 6.92 Å². The Hall–Kier alpha value is -3.48. The number of carbonyl (C=O) groups excluding carboxylic acids is 2. The van der Waals surface area contributed by atoms with E-state index in [4.69, 9.17) is 18.9 Å². The molecule has 0 spiro atoms. The lowest BCUT2D eigenvalue weighted by atomic mass is 10.2. The molecular weight excluding hydrogens is 374 g/mol. The maximum absolute atomic E-state index is 12.4. The van der Waals surface area contributed by atoms with Gasteiger partial charge in [0.15, 0.2) is 6.10 Å². The number of nitrogens with one attached hydrogen (secondary N) is 1. The van der Waals surface area contributed by atoms with Gasteiger partial charge in [0.1, 0.15) is 17.2 Å². The van der Waals surface area contributed by atoms with Crippen molar-refractivity contribution in [2.75, 3.05) is 26.6 Å². The number of methoxy groups -OCH3 is 3. The minimum atomic E-state index is -0.989. The van der Waals surface area contributed by atoms with Crippen molar-refractivity contribution in [3.05, 3.63) is 53.6 Å². The summed E-state index contributed by atoms with van der Waals surface area (Å²) >= 11 is 0. The molecule has 29 heavy (non-hydrogen) atoms. The highest BCUT2D eigenvalue weighted by Gasteiger charge is 2.18. The monoisotopic (exact) mass is 399 g/mol. The highest BCUT2D eigenvalue weighted by Crippen LogP contribution is 2.25. The molecule has 0 aliphatic carbocycles. The summed E-state index contributed by atoms with van der Waals surface area (Å²) in [6, 6.07) is 10.6. The van der Waals surface area contributed by atoms with E-state index in [-0.39, 0.29) is 0 Å². The summed E-state index contributed by atoms with van der Waals surface area (Å²) in [4.78, 5) is 24.5. The van der Waals surface area contributed by atoms with E-state index >= 15 is 0 Å². The first-order valence-electron chi connectivity index (χ1n) is 8.93. The van der Waals surface area contributed by atoms with Crippen LogP contribution < -0.4 is 19.5 Å². The molecule has 2 rings (SSSR count). The van der Waals surface area contributed by atoms with Gasteiger partial charge in [0.2, 0.25) is 0 Å². The van der Waals surface area contributed by atoms with Crippen LogP contribution in [-0.2, 0) is 14.3 Å². The van der Waals surface area contributed by atoms with Crippen LogP contribution in [0.15, 0.2) is 42.5 Å². The van der Waals surface area contributed by atoms with Gasteiger partial charge in [-0.3, -0.25) is 4.79 Å². The molecule has 7 nitrogen and oxygen atoms in total. The fraction of sp³-hybridized carbons (Fsp3) is 0.273. The number of aryl methyl sites for hydroxylation is 1. The van der Waals surface area contributed by atoms with E-state index in [2.05, 4.69) is 5.32 Å². The van der Waals surface area contributed by atoms with E-state index in [1.807, 2.05) is 13.0 Å². The van der Waals surface area contributed by atoms with E-state index in [1.165, 1.54) is 20.1 Å². The molecule has 0 fully saturated rings. The molecule has 0 saturated carbocycles. The Labute approximate surface area is 170 Å². The average Bonchev–Trinajstić information content (AvgIpc) is 2.72. The minimum absolute atomic E-state index is 0.460. The maximum atomic E-state index is 12.4. The molecule has 0 aliphatic heterocycles. The SMILES string of the molecule is COc1cc(/C=C/C(=O)O[C@H](C)C(=O)Nc2cc(C)ccc2OC)cc(OC)c1. The van der Waals surface area contributed by atoms with E-state index in [0.29, 0.717) is 28.5 Å². The van der Waals surface area contributed by atoms with Gasteiger partial charge in [-0.25, -0.2) is 4.79 Å². The fourth-order valence-electron chi connectivity index (χ4n) is 2.51. The predicted octanol–water partition coefficient (Wildman–Crippen LogP) is 3.60. The van der Waals surface area contributed by atoms with Gasteiger partial charge < -0.3 is 24.3 Å². The van der Waals surface area contributed by atoms with E-state index in [1.54, 1.807) is 50.6 Å². The van der Waals surface area contributed by atoms with Gasteiger partial charge >= 0.3 is 5.97 Å². The van der Waals surface area contributed by atoms with Crippen LogP contribution in [0.2, 0.25) is 0 Å². The summed E-state index contributed by atoms with van der Waals surface area (Å²) < 4.78 is 20.8. The highest BCUT2D eigenvalue weighted by atomic mass is 16.5. The minimum Gasteiger partial charge on any atom is -0.497 e. The summed E-state index contributed by atoms with van der Waals surface area (Å²) in [6.07, 6.45) is 1.81. The zero-order valence-corrected chi connectivity index (χ0v) is 17.1. The summed E-state index contributed by atoms with van der Waals surface area (Å²) in [5, 5.41) is 2.71. The molecule has 0 radical (unpaired) electrons. The lowest BCUT2D eigenvalue weighted by Crippen LogP contribution is -2.29. The third kappa shape index (κ3) is 6.27. The van der Waals surface area contributed by atoms with E-state index in [9.17, 15) is 9.59 Å². The second kappa shape index (κ2) is 10.2. The quantitative estimate of drug-likeness (QED) is 0.539. The molecule has 2 aromatic rings. The number of anilines is 1. The lowest BCUT2D eigenvalue weighted by molar-refractivity contribution is -0.148. The molecule has 0 unspecified atom stereocenters. The zero-order chi connectivity index (χ0) is 21.4. The number of esters is 1. The molecule has 1 amide bonds. The maximum Gasteiger partial charge on any atom is 0.331 e. The molecule has 0 bridgehead atoms. The Morgan fingerprint density at radius 3 is 2.21 bits per heavy atom. The van der Waals surface area contributed by atoms with Crippen LogP contribution in [0.3, 0.4) is 0 Å². The van der Waals surface area contributed by atoms with Crippen LogP contribution in [0.4, 0.5) is 5.69 Å². The Bertz CT molecular complexity index is 884. The highest BCUT2D eigenvalue weighted by molar-refractivity contribution is 5.97. The van der Waals surface area contributed by atoms with Crippen LogP contribution in [0.1, 0.15) is 18.1 Å². The normalized spacial score (nSPS) is 11.6. The lowest BCUT2D eigenvalue weighted by Gasteiger charge is -2.15. The number of carbonyl (C=O) groups is 2. The van der Waals surface area contributed by atoms with Crippen LogP contribution in [0.25, 0.3) is 6.08 Å². The number of amides is 1. The van der Waals surface area contributed by atoms with Crippen molar-refractivity contribution >= 4 is 23.6 Å². The largest absolute Gasteiger partial charge is 0.497 e. The van der Waals surface area contributed by atoms with Gasteiger partial charge in [-0.1, -0.05) is 6.07 Å². The number of rotatable bonds is 8. The van der Waals surface area contributed by atoms with Crippen molar-refractivity contribution in [1.82, 2.24) is 0 Å². The van der Waals surface area contributed by atoms with Gasteiger partial charge in [-0.15, -0.1) is 0 Å². The van der Waals surface area contributed by atoms with Crippen molar-refractivity contribution in [3.63, 3.8) is 0 Å². The summed E-state index contributed by atoms with van der Waals surface area (Å²) in [5.41, 5.74) is 2.17. The Morgan fingerprint density at radius 1 is 0.966 bits per heavy atom. The van der Waals surface area contributed by atoms with Crippen molar-refractivity contribution in [2.24, 2.45) is 0 Å². The Kier molecular flexibility index (Phi) is 7.65. The molecular formula is C22H25NO6. The van der Waals surface area contributed by atoms with Gasteiger partial charge in [0, 0.05) is 12.1 Å². The van der Waals surface area contributed by atoms with Crippen LogP contribution in [0.5, 0.6) is 17.2 Å². The second-order valence-electron chi connectivity index (χ2n) is 6.25. The van der Waals surface area contributed by atoms with Crippen LogP contribution in [-0.4, -0.2) is 39.3 Å².